The molecular weight excluding hydrogens is 408 g/mol. The van der Waals surface area contributed by atoms with Crippen LogP contribution in [0.1, 0.15) is 16.5 Å². The van der Waals surface area contributed by atoms with E-state index in [4.69, 9.17) is 15.3 Å². The molecule has 4 nitrogen and oxygen atoms in total. The highest BCUT2D eigenvalue weighted by molar-refractivity contribution is 9.11. The van der Waals surface area contributed by atoms with Crippen molar-refractivity contribution in [2.75, 3.05) is 14.2 Å². The van der Waals surface area contributed by atoms with Gasteiger partial charge in [-0.3, -0.25) is 5.84 Å². The topological polar surface area (TPSA) is 56.5 Å². The third-order valence-electron chi connectivity index (χ3n) is 2.87. The lowest BCUT2D eigenvalue weighted by atomic mass is 10.0. The quantitative estimate of drug-likeness (QED) is 0.568. The number of rotatable bonds is 5. The van der Waals surface area contributed by atoms with Gasteiger partial charge >= 0.3 is 0 Å². The molecule has 2 aromatic rings. The van der Waals surface area contributed by atoms with Gasteiger partial charge < -0.3 is 9.47 Å². The summed E-state index contributed by atoms with van der Waals surface area (Å²) in [6.07, 6.45) is 0. The molecule has 1 unspecified atom stereocenters. The van der Waals surface area contributed by atoms with Crippen LogP contribution in [0.3, 0.4) is 0 Å². The molecule has 0 fully saturated rings. The largest absolute Gasteiger partial charge is 0.495 e. The zero-order chi connectivity index (χ0) is 14.7. The maximum atomic E-state index is 5.73. The fourth-order valence-corrected chi connectivity index (χ4v) is 4.14. The average molecular weight is 422 g/mol. The van der Waals surface area contributed by atoms with Gasteiger partial charge in [0.1, 0.15) is 16.0 Å². The van der Waals surface area contributed by atoms with E-state index >= 15 is 0 Å². The Morgan fingerprint density at radius 2 is 1.90 bits per heavy atom. The molecular formula is C13H14Br2N2O2S. The van der Waals surface area contributed by atoms with Gasteiger partial charge in [-0.05, 0) is 56.1 Å². The summed E-state index contributed by atoms with van der Waals surface area (Å²) in [5, 5.41) is 0. The van der Waals surface area contributed by atoms with Gasteiger partial charge in [-0.1, -0.05) is 0 Å². The highest BCUT2D eigenvalue weighted by Crippen LogP contribution is 2.42. The molecule has 0 aliphatic heterocycles. The number of halogens is 2. The second-order valence-corrected chi connectivity index (χ2v) is 7.23. The Kier molecular flexibility index (Phi) is 5.45. The van der Waals surface area contributed by atoms with Crippen LogP contribution in [0.25, 0.3) is 0 Å². The first-order chi connectivity index (χ1) is 9.62. The lowest BCUT2D eigenvalue weighted by molar-refractivity contribution is 0.383. The lowest BCUT2D eigenvalue weighted by Gasteiger charge is -2.20. The first-order valence-corrected chi connectivity index (χ1v) is 8.14. The molecule has 1 aromatic carbocycles. The molecule has 0 saturated carbocycles. The van der Waals surface area contributed by atoms with Crippen LogP contribution in [-0.4, -0.2) is 14.2 Å². The molecule has 108 valence electrons. The van der Waals surface area contributed by atoms with Crippen molar-refractivity contribution >= 4 is 43.2 Å². The third-order valence-corrected chi connectivity index (χ3v) is 5.31. The second kappa shape index (κ2) is 6.91. The van der Waals surface area contributed by atoms with Crippen LogP contribution in [0, 0.1) is 0 Å². The number of hydrazine groups is 1. The molecule has 7 heteroatoms. The fraction of sp³-hybridized carbons (Fsp3) is 0.231. The van der Waals surface area contributed by atoms with Crippen molar-refractivity contribution in [3.63, 3.8) is 0 Å². The summed E-state index contributed by atoms with van der Waals surface area (Å²) in [5.74, 6) is 7.15. The molecule has 0 amide bonds. The van der Waals surface area contributed by atoms with Crippen molar-refractivity contribution < 1.29 is 9.47 Å². The molecule has 1 atom stereocenters. The van der Waals surface area contributed by atoms with E-state index in [-0.39, 0.29) is 6.04 Å². The predicted molar refractivity (Wildman–Crippen MR) is 88.4 cm³/mol. The van der Waals surface area contributed by atoms with Crippen molar-refractivity contribution in [2.45, 2.75) is 6.04 Å². The first kappa shape index (κ1) is 15.8. The van der Waals surface area contributed by atoms with Crippen molar-refractivity contribution in [3.05, 3.63) is 43.0 Å². The Balaban J connectivity index is 2.52. The van der Waals surface area contributed by atoms with Crippen LogP contribution in [-0.2, 0) is 0 Å². The molecule has 2 rings (SSSR count). The molecule has 1 heterocycles. The number of ether oxygens (including phenoxy) is 2. The Bertz CT molecular complexity index is 604. The molecule has 0 spiro atoms. The van der Waals surface area contributed by atoms with E-state index in [2.05, 4.69) is 37.3 Å². The van der Waals surface area contributed by atoms with Crippen LogP contribution < -0.4 is 20.7 Å². The third kappa shape index (κ3) is 3.01. The molecule has 0 aliphatic rings. The minimum absolute atomic E-state index is 0.150. The molecule has 1 aromatic heterocycles. The van der Waals surface area contributed by atoms with E-state index < -0.39 is 0 Å². The zero-order valence-electron chi connectivity index (χ0n) is 10.9. The molecule has 0 radical (unpaired) electrons. The van der Waals surface area contributed by atoms with Gasteiger partial charge in [-0.2, -0.15) is 0 Å². The van der Waals surface area contributed by atoms with Crippen LogP contribution in [0.4, 0.5) is 0 Å². The maximum absolute atomic E-state index is 5.73. The summed E-state index contributed by atoms with van der Waals surface area (Å²) in [6.45, 7) is 0. The molecule has 20 heavy (non-hydrogen) atoms. The number of nitrogens with two attached hydrogens (primary N) is 1. The summed E-state index contributed by atoms with van der Waals surface area (Å²) in [6, 6.07) is 7.70. The van der Waals surface area contributed by atoms with Gasteiger partial charge in [0.15, 0.2) is 0 Å². The smallest absolute Gasteiger partial charge is 0.142 e. The van der Waals surface area contributed by atoms with E-state index in [1.165, 1.54) is 0 Å². The maximum Gasteiger partial charge on any atom is 0.142 e. The highest BCUT2D eigenvalue weighted by Gasteiger charge is 2.22. The summed E-state index contributed by atoms with van der Waals surface area (Å²) >= 11 is 8.59. The summed E-state index contributed by atoms with van der Waals surface area (Å²) in [5.41, 5.74) is 3.78. The first-order valence-electron chi connectivity index (χ1n) is 5.74. The lowest BCUT2D eigenvalue weighted by Crippen LogP contribution is -2.28. The Morgan fingerprint density at radius 1 is 1.15 bits per heavy atom. The van der Waals surface area contributed by atoms with Gasteiger partial charge in [0.25, 0.3) is 0 Å². The van der Waals surface area contributed by atoms with E-state index in [1.807, 2.05) is 24.3 Å². The summed E-state index contributed by atoms with van der Waals surface area (Å²) < 4.78 is 12.6. The number of methoxy groups -OCH3 is 2. The van der Waals surface area contributed by atoms with Crippen LogP contribution in [0.5, 0.6) is 11.5 Å². The summed E-state index contributed by atoms with van der Waals surface area (Å²) in [7, 11) is 3.25. The van der Waals surface area contributed by atoms with Crippen LogP contribution >= 0.6 is 43.2 Å². The molecule has 0 bridgehead atoms. The van der Waals surface area contributed by atoms with E-state index in [1.54, 1.807) is 25.6 Å². The van der Waals surface area contributed by atoms with Gasteiger partial charge in [0.2, 0.25) is 0 Å². The Hall–Kier alpha value is -0.600. The number of hydrogen-bond donors (Lipinski definition) is 2. The monoisotopic (exact) mass is 420 g/mol. The van der Waals surface area contributed by atoms with Crippen molar-refractivity contribution in [1.82, 2.24) is 5.43 Å². The minimum Gasteiger partial charge on any atom is -0.495 e. The van der Waals surface area contributed by atoms with Crippen LogP contribution in [0.2, 0.25) is 0 Å². The number of hydrogen-bond acceptors (Lipinski definition) is 5. The number of benzene rings is 1. The van der Waals surface area contributed by atoms with Gasteiger partial charge in [-0.25, -0.2) is 5.43 Å². The predicted octanol–water partition coefficient (Wildman–Crippen LogP) is 3.84. The van der Waals surface area contributed by atoms with Crippen molar-refractivity contribution in [2.24, 2.45) is 5.84 Å². The zero-order valence-corrected chi connectivity index (χ0v) is 14.9. The Labute approximate surface area is 138 Å². The minimum atomic E-state index is -0.150. The molecule has 3 N–H and O–H groups in total. The van der Waals surface area contributed by atoms with Gasteiger partial charge in [0.05, 0.1) is 24.0 Å². The SMILES string of the molecule is COc1ccc(C(NN)c2ccc(Br)s2)c(OC)c1Br. The highest BCUT2D eigenvalue weighted by atomic mass is 79.9. The summed E-state index contributed by atoms with van der Waals surface area (Å²) in [4.78, 5) is 1.09. The van der Waals surface area contributed by atoms with E-state index in [9.17, 15) is 0 Å². The number of nitrogens with one attached hydrogen (secondary N) is 1. The van der Waals surface area contributed by atoms with Gasteiger partial charge in [-0.15, -0.1) is 11.3 Å². The standard InChI is InChI=1S/C13H14Br2N2O2S/c1-18-8-4-3-7(13(19-2)11(8)15)12(17-16)9-5-6-10(14)20-9/h3-6,12,17H,16H2,1-2H3. The molecule has 0 saturated heterocycles. The Morgan fingerprint density at radius 3 is 2.40 bits per heavy atom. The van der Waals surface area contributed by atoms with E-state index in [0.29, 0.717) is 11.5 Å². The second-order valence-electron chi connectivity index (χ2n) is 3.95. The van der Waals surface area contributed by atoms with Gasteiger partial charge in [0, 0.05) is 10.4 Å². The van der Waals surface area contributed by atoms with Crippen molar-refractivity contribution in [3.8, 4) is 11.5 Å². The molecule has 0 aliphatic carbocycles. The normalized spacial score (nSPS) is 12.2. The number of thiophene rings is 1. The fourth-order valence-electron chi connectivity index (χ4n) is 1.95. The van der Waals surface area contributed by atoms with Crippen LogP contribution in [0.15, 0.2) is 32.5 Å². The average Bonchev–Trinajstić information content (AvgIpc) is 2.86. The van der Waals surface area contributed by atoms with Crippen molar-refractivity contribution in [1.29, 1.82) is 0 Å². The van der Waals surface area contributed by atoms with E-state index in [0.717, 1.165) is 18.7 Å².